The van der Waals surface area contributed by atoms with Crippen LogP contribution in [-0.2, 0) is 13.0 Å². The molecule has 1 unspecified atom stereocenters. The number of pyridine rings is 1. The molecule has 1 atom stereocenters. The number of aryl methyl sites for hydroxylation is 2. The van der Waals surface area contributed by atoms with Gasteiger partial charge in [0.05, 0.1) is 11.7 Å². The molecule has 0 saturated heterocycles. The van der Waals surface area contributed by atoms with Crippen LogP contribution >= 0.6 is 11.3 Å². The van der Waals surface area contributed by atoms with Gasteiger partial charge < -0.3 is 5.32 Å². The van der Waals surface area contributed by atoms with E-state index in [1.165, 1.54) is 16.7 Å². The zero-order valence-electron chi connectivity index (χ0n) is 16.7. The van der Waals surface area contributed by atoms with Gasteiger partial charge in [0.15, 0.2) is 5.82 Å². The minimum absolute atomic E-state index is 0.140. The minimum Gasteiger partial charge on any atom is -0.304 e. The van der Waals surface area contributed by atoms with Gasteiger partial charge >= 0.3 is 0 Å². The number of aromatic nitrogens is 3. The molecule has 0 aliphatic carbocycles. The van der Waals surface area contributed by atoms with Gasteiger partial charge in [0.2, 0.25) is 0 Å². The summed E-state index contributed by atoms with van der Waals surface area (Å²) in [7, 11) is 0. The van der Waals surface area contributed by atoms with Crippen LogP contribution in [0.3, 0.4) is 0 Å². The third-order valence-electron chi connectivity index (χ3n) is 4.96. The second-order valence-electron chi connectivity index (χ2n) is 7.26. The van der Waals surface area contributed by atoms with Gasteiger partial charge in [-0.2, -0.15) is 11.3 Å². The van der Waals surface area contributed by atoms with E-state index in [-0.39, 0.29) is 6.04 Å². The molecule has 0 amide bonds. The molecule has 3 aromatic heterocycles. The molecule has 1 N–H and O–H groups in total. The highest BCUT2D eigenvalue weighted by Gasteiger charge is 2.14. The number of hydrogen-bond donors (Lipinski definition) is 1. The zero-order chi connectivity index (χ0) is 20.1. The summed E-state index contributed by atoms with van der Waals surface area (Å²) < 4.78 is 0. The average molecular weight is 401 g/mol. The SMILES string of the molecule is Cc1ccc(C(Cc2ccsc2)NCc2cnc(-c3ccccc3C)nc2)nc1. The molecule has 3 heterocycles. The molecule has 1 aromatic carbocycles. The Morgan fingerprint density at radius 1 is 0.897 bits per heavy atom. The van der Waals surface area contributed by atoms with Crippen LogP contribution < -0.4 is 5.32 Å². The molecule has 0 aliphatic rings. The molecule has 4 aromatic rings. The molecule has 29 heavy (non-hydrogen) atoms. The van der Waals surface area contributed by atoms with Gasteiger partial charge in [0.1, 0.15) is 0 Å². The molecule has 4 nitrogen and oxygen atoms in total. The fraction of sp³-hybridized carbons (Fsp3) is 0.208. The highest BCUT2D eigenvalue weighted by atomic mass is 32.1. The summed E-state index contributed by atoms with van der Waals surface area (Å²) in [6.07, 6.45) is 6.65. The molecular weight excluding hydrogens is 376 g/mol. The normalized spacial score (nSPS) is 12.1. The summed E-state index contributed by atoms with van der Waals surface area (Å²) in [5.74, 6) is 0.766. The number of rotatable bonds is 7. The van der Waals surface area contributed by atoms with Gasteiger partial charge in [-0.1, -0.05) is 30.3 Å². The third kappa shape index (κ3) is 4.94. The molecule has 0 fully saturated rings. The number of hydrogen-bond acceptors (Lipinski definition) is 5. The van der Waals surface area contributed by atoms with Gasteiger partial charge in [0.25, 0.3) is 0 Å². The average Bonchev–Trinajstić information content (AvgIpc) is 3.26. The van der Waals surface area contributed by atoms with Crippen molar-refractivity contribution in [3.05, 3.63) is 99.8 Å². The molecular formula is C24H24N4S. The maximum atomic E-state index is 4.64. The van der Waals surface area contributed by atoms with E-state index in [9.17, 15) is 0 Å². The minimum atomic E-state index is 0.140. The Morgan fingerprint density at radius 2 is 1.72 bits per heavy atom. The Balaban J connectivity index is 1.48. The Hall–Kier alpha value is -2.89. The molecule has 0 aliphatic heterocycles. The van der Waals surface area contributed by atoms with E-state index < -0.39 is 0 Å². The standard InChI is InChI=1S/C24H24N4S/c1-17-7-8-22(25-12-17)23(11-19-9-10-29-16-19)26-13-20-14-27-24(28-15-20)21-6-4-3-5-18(21)2/h3-10,12,14-16,23,26H,11,13H2,1-2H3. The van der Waals surface area contributed by atoms with E-state index in [2.05, 4.69) is 75.2 Å². The Bertz CT molecular complexity index is 1040. The molecule has 0 radical (unpaired) electrons. The summed E-state index contributed by atoms with van der Waals surface area (Å²) >= 11 is 1.73. The molecule has 4 rings (SSSR count). The molecule has 0 spiro atoms. The molecule has 0 saturated carbocycles. The van der Waals surface area contributed by atoms with Gasteiger partial charge in [-0.05, 0) is 59.9 Å². The summed E-state index contributed by atoms with van der Waals surface area (Å²) in [4.78, 5) is 13.8. The molecule has 0 bridgehead atoms. The Kier molecular flexibility index (Phi) is 6.08. The second kappa shape index (κ2) is 9.07. The lowest BCUT2D eigenvalue weighted by atomic mass is 10.0. The van der Waals surface area contributed by atoms with Crippen LogP contribution in [0.1, 0.15) is 34.0 Å². The van der Waals surface area contributed by atoms with Gasteiger partial charge in [-0.15, -0.1) is 0 Å². The van der Waals surface area contributed by atoms with Crippen LogP contribution in [0.4, 0.5) is 0 Å². The van der Waals surface area contributed by atoms with Gasteiger partial charge in [-0.25, -0.2) is 9.97 Å². The van der Waals surface area contributed by atoms with Crippen molar-refractivity contribution in [2.75, 3.05) is 0 Å². The lowest BCUT2D eigenvalue weighted by Crippen LogP contribution is -2.24. The maximum Gasteiger partial charge on any atom is 0.159 e. The predicted octanol–water partition coefficient (Wildman–Crippen LogP) is 5.29. The van der Waals surface area contributed by atoms with Crippen molar-refractivity contribution < 1.29 is 0 Å². The van der Waals surface area contributed by atoms with Crippen molar-refractivity contribution >= 4 is 11.3 Å². The lowest BCUT2D eigenvalue weighted by Gasteiger charge is -2.18. The van der Waals surface area contributed by atoms with E-state index in [1.807, 2.05) is 30.7 Å². The fourth-order valence-electron chi connectivity index (χ4n) is 3.26. The number of nitrogens with zero attached hydrogens (tertiary/aromatic N) is 3. The van der Waals surface area contributed by atoms with E-state index >= 15 is 0 Å². The Labute approximate surface area is 175 Å². The maximum absolute atomic E-state index is 4.64. The Morgan fingerprint density at radius 3 is 2.41 bits per heavy atom. The number of thiophene rings is 1. The van der Waals surface area contributed by atoms with Gasteiger partial charge in [0, 0.05) is 36.3 Å². The molecule has 146 valence electrons. The van der Waals surface area contributed by atoms with Crippen molar-refractivity contribution in [1.29, 1.82) is 0 Å². The van der Waals surface area contributed by atoms with Crippen LogP contribution in [0.5, 0.6) is 0 Å². The first-order valence-electron chi connectivity index (χ1n) is 9.73. The van der Waals surface area contributed by atoms with E-state index in [4.69, 9.17) is 0 Å². The monoisotopic (exact) mass is 400 g/mol. The van der Waals surface area contributed by atoms with Crippen LogP contribution in [-0.4, -0.2) is 15.0 Å². The molecule has 5 heteroatoms. The highest BCUT2D eigenvalue weighted by Crippen LogP contribution is 2.21. The van der Waals surface area contributed by atoms with E-state index in [0.29, 0.717) is 6.54 Å². The largest absolute Gasteiger partial charge is 0.304 e. The first-order chi connectivity index (χ1) is 14.2. The topological polar surface area (TPSA) is 50.7 Å². The summed E-state index contributed by atoms with van der Waals surface area (Å²) in [6, 6.07) is 14.7. The first kappa shape index (κ1) is 19.4. The highest BCUT2D eigenvalue weighted by molar-refractivity contribution is 7.07. The van der Waals surface area contributed by atoms with Crippen molar-refractivity contribution in [3.8, 4) is 11.4 Å². The summed E-state index contributed by atoms with van der Waals surface area (Å²) in [5.41, 5.74) is 6.86. The van der Waals surface area contributed by atoms with Crippen molar-refractivity contribution in [2.24, 2.45) is 0 Å². The van der Waals surface area contributed by atoms with E-state index in [1.54, 1.807) is 11.3 Å². The van der Waals surface area contributed by atoms with Gasteiger partial charge in [-0.3, -0.25) is 4.98 Å². The van der Waals surface area contributed by atoms with E-state index in [0.717, 1.165) is 29.1 Å². The third-order valence-corrected chi connectivity index (χ3v) is 5.69. The van der Waals surface area contributed by atoms with Crippen molar-refractivity contribution in [2.45, 2.75) is 32.9 Å². The first-order valence-corrected chi connectivity index (χ1v) is 10.7. The fourth-order valence-corrected chi connectivity index (χ4v) is 3.94. The van der Waals surface area contributed by atoms with Crippen LogP contribution in [0, 0.1) is 13.8 Å². The van der Waals surface area contributed by atoms with Crippen molar-refractivity contribution in [3.63, 3.8) is 0 Å². The second-order valence-corrected chi connectivity index (χ2v) is 8.04. The van der Waals surface area contributed by atoms with Crippen LogP contribution in [0.25, 0.3) is 11.4 Å². The zero-order valence-corrected chi connectivity index (χ0v) is 17.5. The number of benzene rings is 1. The summed E-state index contributed by atoms with van der Waals surface area (Å²) in [5, 5.41) is 7.96. The lowest BCUT2D eigenvalue weighted by molar-refractivity contribution is 0.517. The predicted molar refractivity (Wildman–Crippen MR) is 119 cm³/mol. The van der Waals surface area contributed by atoms with Crippen LogP contribution in [0.15, 0.2) is 71.8 Å². The smallest absolute Gasteiger partial charge is 0.159 e. The summed E-state index contributed by atoms with van der Waals surface area (Å²) in [6.45, 7) is 4.83. The number of nitrogens with one attached hydrogen (secondary N) is 1. The van der Waals surface area contributed by atoms with Crippen molar-refractivity contribution in [1.82, 2.24) is 20.3 Å². The quantitative estimate of drug-likeness (QED) is 0.458. The van der Waals surface area contributed by atoms with Crippen LogP contribution in [0.2, 0.25) is 0 Å².